The Morgan fingerprint density at radius 2 is 1.45 bits per heavy atom. The number of carbonyl (C=O) groups excluding carboxylic acids is 3. The van der Waals surface area contributed by atoms with E-state index in [2.05, 4.69) is 49.6 Å². The molecule has 0 aliphatic rings. The minimum atomic E-state index is -0.924. The van der Waals surface area contributed by atoms with Crippen molar-refractivity contribution in [3.63, 3.8) is 0 Å². The van der Waals surface area contributed by atoms with Crippen molar-refractivity contribution in [2.75, 3.05) is 13.6 Å². The largest absolute Gasteiger partial charge is 0.357 e. The van der Waals surface area contributed by atoms with E-state index in [0.29, 0.717) is 34.5 Å². The normalized spacial score (nSPS) is 11.5. The van der Waals surface area contributed by atoms with Crippen LogP contribution >= 0.6 is 0 Å². The Morgan fingerprint density at radius 1 is 0.810 bits per heavy atom. The molecule has 42 heavy (non-hydrogen) atoms. The van der Waals surface area contributed by atoms with Crippen LogP contribution in [0.25, 0.3) is 0 Å². The molecule has 0 radical (unpaired) electrons. The maximum Gasteiger partial charge on any atom is 0.252 e. The number of nitrogens with zero attached hydrogens (tertiary/aromatic N) is 2. The lowest BCUT2D eigenvalue weighted by atomic mass is 10.0. The van der Waals surface area contributed by atoms with Crippen molar-refractivity contribution in [1.29, 1.82) is 0 Å². The van der Waals surface area contributed by atoms with E-state index in [1.165, 1.54) is 7.05 Å². The zero-order valence-electron chi connectivity index (χ0n) is 23.0. The van der Waals surface area contributed by atoms with Gasteiger partial charge in [-0.05, 0) is 66.3 Å². The number of nitrogens with one attached hydrogen (secondary N) is 3. The topological polar surface area (TPSA) is 113 Å². The van der Waals surface area contributed by atoms with Gasteiger partial charge in [0.1, 0.15) is 23.7 Å². The molecule has 0 saturated carbocycles. The molecule has 0 aliphatic carbocycles. The third-order valence-corrected chi connectivity index (χ3v) is 6.18. The Bertz CT molecular complexity index is 1640. The van der Waals surface area contributed by atoms with Crippen LogP contribution in [0, 0.1) is 23.7 Å². The average Bonchev–Trinajstić information content (AvgIpc) is 3.05. The fourth-order valence-electron chi connectivity index (χ4n) is 3.96. The first-order valence-corrected chi connectivity index (χ1v) is 13.3. The minimum absolute atomic E-state index is 0.0572. The van der Waals surface area contributed by atoms with E-state index in [0.717, 1.165) is 11.8 Å². The predicted octanol–water partition coefficient (Wildman–Crippen LogP) is 2.52. The van der Waals surface area contributed by atoms with Crippen molar-refractivity contribution in [3.8, 4) is 23.7 Å². The molecule has 3 N–H and O–H groups in total. The number of pyridine rings is 2. The molecule has 4 rings (SSSR count). The molecule has 2 aromatic carbocycles. The first-order valence-electron chi connectivity index (χ1n) is 13.3. The molecule has 0 unspecified atom stereocenters. The Balaban J connectivity index is 1.54. The third kappa shape index (κ3) is 8.72. The molecular formula is C34H29N5O3. The smallest absolute Gasteiger partial charge is 0.252 e. The van der Waals surface area contributed by atoms with Crippen LogP contribution in [0.5, 0.6) is 0 Å². The van der Waals surface area contributed by atoms with Crippen LogP contribution in [0.4, 0.5) is 0 Å². The summed E-state index contributed by atoms with van der Waals surface area (Å²) in [5.74, 6) is 11.3. The molecule has 4 aromatic rings. The average molecular weight is 556 g/mol. The number of amides is 2. The van der Waals surface area contributed by atoms with Crippen molar-refractivity contribution in [2.24, 2.45) is 0 Å². The Labute approximate surface area is 245 Å². The summed E-state index contributed by atoms with van der Waals surface area (Å²) in [6, 6.07) is 24.0. The van der Waals surface area contributed by atoms with E-state index >= 15 is 0 Å². The molecule has 0 spiro atoms. The lowest BCUT2D eigenvalue weighted by Gasteiger charge is -2.20. The lowest BCUT2D eigenvalue weighted by Crippen LogP contribution is -2.53. The Morgan fingerprint density at radius 3 is 2.05 bits per heavy atom. The van der Waals surface area contributed by atoms with Crippen molar-refractivity contribution in [2.45, 2.75) is 18.5 Å². The molecule has 8 nitrogen and oxygen atoms in total. The molecule has 208 valence electrons. The zero-order chi connectivity index (χ0) is 29.6. The van der Waals surface area contributed by atoms with E-state index in [9.17, 15) is 14.4 Å². The summed E-state index contributed by atoms with van der Waals surface area (Å²) >= 11 is 0. The quantitative estimate of drug-likeness (QED) is 0.216. The highest BCUT2D eigenvalue weighted by Crippen LogP contribution is 2.12. The molecule has 0 aliphatic heterocycles. The number of benzene rings is 2. The fourth-order valence-corrected chi connectivity index (χ4v) is 3.96. The molecule has 2 atom stereocenters. The van der Waals surface area contributed by atoms with Gasteiger partial charge in [-0.25, -0.2) is 9.97 Å². The van der Waals surface area contributed by atoms with Crippen LogP contribution < -0.4 is 16.0 Å². The van der Waals surface area contributed by atoms with Crippen molar-refractivity contribution in [1.82, 2.24) is 25.9 Å². The molecule has 2 heterocycles. The van der Waals surface area contributed by atoms with Gasteiger partial charge in [0, 0.05) is 42.7 Å². The summed E-state index contributed by atoms with van der Waals surface area (Å²) in [6.45, 7) is 0.0572. The fraction of sp³-hybridized carbons (Fsp3) is 0.147. The molecule has 0 bridgehead atoms. The van der Waals surface area contributed by atoms with Gasteiger partial charge in [-0.2, -0.15) is 0 Å². The Kier molecular flexibility index (Phi) is 10.7. The molecule has 2 aromatic heterocycles. The Hall–Kier alpha value is -5.57. The molecule has 0 fully saturated rings. The monoisotopic (exact) mass is 555 g/mol. The van der Waals surface area contributed by atoms with Gasteiger partial charge in [0.25, 0.3) is 5.91 Å². The van der Waals surface area contributed by atoms with Crippen molar-refractivity contribution >= 4 is 18.1 Å². The summed E-state index contributed by atoms with van der Waals surface area (Å²) in [5.41, 5.74) is 3.59. The number of carbonyl (C=O) groups is 3. The number of hydrogen-bond acceptors (Lipinski definition) is 6. The van der Waals surface area contributed by atoms with Crippen LogP contribution in [-0.2, 0) is 16.0 Å². The van der Waals surface area contributed by atoms with Crippen LogP contribution in [0.15, 0.2) is 97.3 Å². The third-order valence-electron chi connectivity index (χ3n) is 6.18. The highest BCUT2D eigenvalue weighted by atomic mass is 16.2. The number of rotatable bonds is 9. The standard InChI is InChI=1S/C34H29N5O3/c1-35-34(42)32(23-38-31(24-40)21-25-9-3-2-4-10-25)39-33(41)28-14-13-26(15-17-29-11-5-7-19-36-29)27(22-28)16-18-30-12-6-8-20-37-30/h2-14,19-20,22,24,31-32,38H,21,23H2,1H3,(H,35,42)(H,39,41)/t31-,32+/m0/s1. The number of aromatic nitrogens is 2. The van der Waals surface area contributed by atoms with Gasteiger partial charge in [0.05, 0.1) is 6.04 Å². The van der Waals surface area contributed by atoms with Crippen molar-refractivity contribution < 1.29 is 14.4 Å². The molecule has 0 saturated heterocycles. The second-order valence-electron chi connectivity index (χ2n) is 9.17. The van der Waals surface area contributed by atoms with Crippen LogP contribution in [-0.4, -0.2) is 53.7 Å². The first-order chi connectivity index (χ1) is 20.6. The van der Waals surface area contributed by atoms with Gasteiger partial charge >= 0.3 is 0 Å². The number of hydrogen-bond donors (Lipinski definition) is 3. The van der Waals surface area contributed by atoms with Crippen molar-refractivity contribution in [3.05, 3.63) is 131 Å². The van der Waals surface area contributed by atoms with Crippen LogP contribution in [0.2, 0.25) is 0 Å². The van der Waals surface area contributed by atoms with E-state index < -0.39 is 23.9 Å². The summed E-state index contributed by atoms with van der Waals surface area (Å²) in [5, 5.41) is 8.42. The summed E-state index contributed by atoms with van der Waals surface area (Å²) in [6.07, 6.45) is 4.57. The number of aldehydes is 1. The highest BCUT2D eigenvalue weighted by molar-refractivity contribution is 5.98. The first kappa shape index (κ1) is 29.4. The van der Waals surface area contributed by atoms with Gasteiger partial charge in [0.15, 0.2) is 0 Å². The molecule has 8 heteroatoms. The zero-order valence-corrected chi connectivity index (χ0v) is 23.0. The second kappa shape index (κ2) is 15.3. The molecule has 2 amide bonds. The van der Waals surface area contributed by atoms with Gasteiger partial charge < -0.3 is 20.7 Å². The van der Waals surface area contributed by atoms with E-state index in [4.69, 9.17) is 0 Å². The minimum Gasteiger partial charge on any atom is -0.357 e. The van der Waals surface area contributed by atoms with E-state index in [-0.39, 0.29) is 6.54 Å². The summed E-state index contributed by atoms with van der Waals surface area (Å²) in [7, 11) is 1.49. The van der Waals surface area contributed by atoms with Gasteiger partial charge in [0.2, 0.25) is 5.91 Å². The van der Waals surface area contributed by atoms with E-state index in [1.54, 1.807) is 48.8 Å². The summed E-state index contributed by atoms with van der Waals surface area (Å²) < 4.78 is 0. The maximum atomic E-state index is 13.3. The number of likely N-dealkylation sites (N-methyl/N-ethyl adjacent to an activating group) is 1. The van der Waals surface area contributed by atoms with E-state index in [1.807, 2.05) is 48.5 Å². The summed E-state index contributed by atoms with van der Waals surface area (Å²) in [4.78, 5) is 46.1. The second-order valence-corrected chi connectivity index (χ2v) is 9.17. The lowest BCUT2D eigenvalue weighted by molar-refractivity contribution is -0.122. The van der Waals surface area contributed by atoms with Crippen LogP contribution in [0.1, 0.15) is 38.4 Å². The maximum absolute atomic E-state index is 13.3. The van der Waals surface area contributed by atoms with Gasteiger partial charge in [-0.1, -0.05) is 54.3 Å². The van der Waals surface area contributed by atoms with Gasteiger partial charge in [-0.15, -0.1) is 0 Å². The highest BCUT2D eigenvalue weighted by Gasteiger charge is 2.22. The van der Waals surface area contributed by atoms with Crippen LogP contribution in [0.3, 0.4) is 0 Å². The van der Waals surface area contributed by atoms with Gasteiger partial charge in [-0.3, -0.25) is 9.59 Å². The predicted molar refractivity (Wildman–Crippen MR) is 160 cm³/mol. The SMILES string of the molecule is CNC(=O)[C@@H](CN[C@H](C=O)Cc1ccccc1)NC(=O)c1ccc(C#Cc2ccccn2)c(C#Cc2ccccn2)c1. The molecular weight excluding hydrogens is 526 g/mol.